The van der Waals surface area contributed by atoms with Crippen molar-refractivity contribution in [3.8, 4) is 0 Å². The van der Waals surface area contributed by atoms with E-state index in [1.54, 1.807) is 18.0 Å². The molecule has 3 rings (SSSR count). The molecule has 1 aliphatic rings. The molecule has 2 N–H and O–H groups in total. The van der Waals surface area contributed by atoms with Gasteiger partial charge in [-0.2, -0.15) is 4.72 Å². The lowest BCUT2D eigenvalue weighted by molar-refractivity contribution is -0.136. The van der Waals surface area contributed by atoms with Crippen LogP contribution in [0.15, 0.2) is 21.8 Å². The molecule has 10 nitrogen and oxygen atoms in total. The summed E-state index contributed by atoms with van der Waals surface area (Å²) < 4.78 is 34.6. The molecule has 2 unspecified atom stereocenters. The zero-order valence-corrected chi connectivity index (χ0v) is 17.8. The van der Waals surface area contributed by atoms with Crippen molar-refractivity contribution in [3.05, 3.63) is 29.7 Å². The molecular formula is C16H25ClN6O4S. The number of carbonyl (C=O) groups excluding carboxylic acids is 1. The standard InChI is InChI=1S/C16H24N6O4S.ClH/c1-10-14(12(3)26-19-10)27(24,25)20-11(2)16(23)22-8-5-17-9-13(22)15-18-6-7-21(15)4;/h6-7,11,13,17,20H,5,8-9H2,1-4H3;1H. The second-order valence-corrected chi connectivity index (χ2v) is 8.29. The van der Waals surface area contributed by atoms with E-state index in [-0.39, 0.29) is 40.7 Å². The third kappa shape index (κ3) is 4.22. The highest BCUT2D eigenvalue weighted by atomic mass is 35.5. The van der Waals surface area contributed by atoms with Crippen molar-refractivity contribution < 1.29 is 17.7 Å². The van der Waals surface area contributed by atoms with Gasteiger partial charge in [-0.3, -0.25) is 4.79 Å². The molecule has 0 bridgehead atoms. The zero-order valence-electron chi connectivity index (χ0n) is 16.2. The second-order valence-electron chi connectivity index (χ2n) is 6.64. The number of imidazole rings is 1. The Bertz CT molecular complexity index is 921. The summed E-state index contributed by atoms with van der Waals surface area (Å²) in [5.74, 6) is 0.629. The van der Waals surface area contributed by atoms with Gasteiger partial charge in [-0.15, -0.1) is 12.4 Å². The summed E-state index contributed by atoms with van der Waals surface area (Å²) in [6.45, 7) is 6.26. The monoisotopic (exact) mass is 432 g/mol. The Balaban J connectivity index is 0.00000280. The van der Waals surface area contributed by atoms with Crippen LogP contribution in [0.2, 0.25) is 0 Å². The Kier molecular flexibility index (Phi) is 6.86. The van der Waals surface area contributed by atoms with Gasteiger partial charge in [0.1, 0.15) is 22.5 Å². The van der Waals surface area contributed by atoms with Crippen molar-refractivity contribution in [1.29, 1.82) is 0 Å². The Morgan fingerprint density at radius 3 is 2.71 bits per heavy atom. The SMILES string of the molecule is Cc1noc(C)c1S(=O)(=O)NC(C)C(=O)N1CCNCC1c1nccn1C.Cl. The molecule has 0 spiro atoms. The quantitative estimate of drug-likeness (QED) is 0.695. The molecule has 156 valence electrons. The van der Waals surface area contributed by atoms with E-state index in [4.69, 9.17) is 4.52 Å². The van der Waals surface area contributed by atoms with Crippen molar-refractivity contribution in [3.63, 3.8) is 0 Å². The number of aryl methyl sites for hydroxylation is 3. The van der Waals surface area contributed by atoms with Gasteiger partial charge in [0.05, 0.1) is 6.04 Å². The second kappa shape index (κ2) is 8.60. The van der Waals surface area contributed by atoms with Crippen molar-refractivity contribution in [1.82, 2.24) is 29.6 Å². The molecule has 2 atom stereocenters. The van der Waals surface area contributed by atoms with Gasteiger partial charge in [-0.05, 0) is 20.8 Å². The Morgan fingerprint density at radius 1 is 1.43 bits per heavy atom. The molecule has 1 aliphatic heterocycles. The number of rotatable bonds is 5. The largest absolute Gasteiger partial charge is 0.360 e. The highest BCUT2D eigenvalue weighted by Gasteiger charge is 2.35. The number of hydrogen-bond donors (Lipinski definition) is 2. The molecular weight excluding hydrogens is 408 g/mol. The molecule has 0 aromatic carbocycles. The maximum Gasteiger partial charge on any atom is 0.246 e. The van der Waals surface area contributed by atoms with Crippen LogP contribution in [0.5, 0.6) is 0 Å². The van der Waals surface area contributed by atoms with E-state index in [1.165, 1.54) is 13.8 Å². The highest BCUT2D eigenvalue weighted by Crippen LogP contribution is 2.23. The van der Waals surface area contributed by atoms with E-state index in [2.05, 4.69) is 20.2 Å². The van der Waals surface area contributed by atoms with Gasteiger partial charge in [0.2, 0.25) is 15.9 Å². The van der Waals surface area contributed by atoms with E-state index < -0.39 is 16.1 Å². The van der Waals surface area contributed by atoms with Crippen LogP contribution in [-0.4, -0.2) is 59.6 Å². The summed E-state index contributed by atoms with van der Waals surface area (Å²) in [6.07, 6.45) is 3.49. The number of sulfonamides is 1. The Morgan fingerprint density at radius 2 is 2.14 bits per heavy atom. The van der Waals surface area contributed by atoms with Gasteiger partial charge in [-0.1, -0.05) is 5.16 Å². The molecule has 1 amide bonds. The number of halogens is 1. The fourth-order valence-corrected chi connectivity index (χ4v) is 4.87. The first kappa shape index (κ1) is 22.3. The first-order valence-electron chi connectivity index (χ1n) is 8.66. The molecule has 1 fully saturated rings. The van der Waals surface area contributed by atoms with Crippen LogP contribution in [0.4, 0.5) is 0 Å². The lowest BCUT2D eigenvalue weighted by Gasteiger charge is -2.37. The summed E-state index contributed by atoms with van der Waals surface area (Å²) in [4.78, 5) is 19.0. The molecule has 2 aromatic rings. The van der Waals surface area contributed by atoms with Gasteiger partial charge < -0.3 is 19.3 Å². The maximum absolute atomic E-state index is 13.0. The lowest BCUT2D eigenvalue weighted by atomic mass is 10.1. The van der Waals surface area contributed by atoms with Crippen molar-refractivity contribution >= 4 is 28.3 Å². The van der Waals surface area contributed by atoms with E-state index in [0.29, 0.717) is 19.6 Å². The normalized spacial score (nSPS) is 18.6. The number of piperazine rings is 1. The summed E-state index contributed by atoms with van der Waals surface area (Å²) in [5, 5.41) is 6.92. The minimum absolute atomic E-state index is 0. The van der Waals surface area contributed by atoms with Gasteiger partial charge in [0.25, 0.3) is 0 Å². The minimum atomic E-state index is -3.93. The Labute approximate surface area is 170 Å². The van der Waals surface area contributed by atoms with Crippen LogP contribution in [0, 0.1) is 13.8 Å². The molecule has 1 saturated heterocycles. The number of nitrogens with one attached hydrogen (secondary N) is 2. The van der Waals surface area contributed by atoms with E-state index in [0.717, 1.165) is 5.82 Å². The van der Waals surface area contributed by atoms with E-state index in [9.17, 15) is 13.2 Å². The van der Waals surface area contributed by atoms with Crippen LogP contribution in [0.25, 0.3) is 0 Å². The number of nitrogens with zero attached hydrogens (tertiary/aromatic N) is 4. The molecule has 2 aromatic heterocycles. The third-order valence-electron chi connectivity index (χ3n) is 4.62. The number of aromatic nitrogens is 3. The first-order valence-corrected chi connectivity index (χ1v) is 10.1. The van der Waals surface area contributed by atoms with Crippen LogP contribution < -0.4 is 10.0 Å². The van der Waals surface area contributed by atoms with Crippen LogP contribution in [0.3, 0.4) is 0 Å². The van der Waals surface area contributed by atoms with Gasteiger partial charge in [0, 0.05) is 39.1 Å². The zero-order chi connectivity index (χ0) is 19.8. The smallest absolute Gasteiger partial charge is 0.246 e. The fourth-order valence-electron chi connectivity index (χ4n) is 3.35. The molecule has 0 aliphatic carbocycles. The molecule has 0 saturated carbocycles. The number of hydrogen-bond acceptors (Lipinski definition) is 7. The number of carbonyl (C=O) groups is 1. The van der Waals surface area contributed by atoms with Crippen LogP contribution in [0.1, 0.15) is 30.2 Å². The summed E-state index contributed by atoms with van der Waals surface area (Å²) in [7, 11) is -2.07. The summed E-state index contributed by atoms with van der Waals surface area (Å²) in [6, 6.07) is -1.21. The fraction of sp³-hybridized carbons (Fsp3) is 0.562. The lowest BCUT2D eigenvalue weighted by Crippen LogP contribution is -2.54. The van der Waals surface area contributed by atoms with Gasteiger partial charge >= 0.3 is 0 Å². The summed E-state index contributed by atoms with van der Waals surface area (Å²) >= 11 is 0. The predicted octanol–water partition coefficient (Wildman–Crippen LogP) is 0.287. The van der Waals surface area contributed by atoms with Crippen molar-refractivity contribution in [2.75, 3.05) is 19.6 Å². The molecule has 0 radical (unpaired) electrons. The van der Waals surface area contributed by atoms with Crippen molar-refractivity contribution in [2.24, 2.45) is 7.05 Å². The van der Waals surface area contributed by atoms with Crippen LogP contribution in [-0.2, 0) is 21.9 Å². The Hall–Kier alpha value is -1.95. The van der Waals surface area contributed by atoms with Gasteiger partial charge in [-0.25, -0.2) is 13.4 Å². The summed E-state index contributed by atoms with van der Waals surface area (Å²) in [5.41, 5.74) is 0.257. The average molecular weight is 433 g/mol. The first-order chi connectivity index (χ1) is 12.7. The maximum atomic E-state index is 13.0. The molecule has 12 heteroatoms. The van der Waals surface area contributed by atoms with Gasteiger partial charge in [0.15, 0.2) is 5.76 Å². The van der Waals surface area contributed by atoms with Crippen LogP contribution >= 0.6 is 12.4 Å². The molecule has 28 heavy (non-hydrogen) atoms. The minimum Gasteiger partial charge on any atom is -0.360 e. The third-order valence-corrected chi connectivity index (χ3v) is 6.41. The van der Waals surface area contributed by atoms with E-state index in [1.807, 2.05) is 17.8 Å². The topological polar surface area (TPSA) is 122 Å². The number of amides is 1. The average Bonchev–Trinajstić information content (AvgIpc) is 3.19. The van der Waals surface area contributed by atoms with Crippen molar-refractivity contribution in [2.45, 2.75) is 37.8 Å². The predicted molar refractivity (Wildman–Crippen MR) is 104 cm³/mol. The van der Waals surface area contributed by atoms with E-state index >= 15 is 0 Å². The molecule has 3 heterocycles. The highest BCUT2D eigenvalue weighted by molar-refractivity contribution is 7.89.